The first-order valence-electron chi connectivity index (χ1n) is 3.58. The van der Waals surface area contributed by atoms with E-state index in [9.17, 15) is 0 Å². The van der Waals surface area contributed by atoms with Crippen molar-refractivity contribution in [1.82, 2.24) is 0 Å². The third-order valence-electron chi connectivity index (χ3n) is 2.50. The lowest BCUT2D eigenvalue weighted by molar-refractivity contribution is 0.0330. The molecular weight excluding hydrogens is 180 g/mol. The summed E-state index contributed by atoms with van der Waals surface area (Å²) in [4.78, 5) is 0. The molecule has 2 fully saturated rings. The molecule has 52 valence electrons. The number of alkyl halides is 1. The first-order chi connectivity index (χ1) is 4.35. The Morgan fingerprint density at radius 3 is 2.33 bits per heavy atom. The van der Waals surface area contributed by atoms with Crippen LogP contribution in [0.1, 0.15) is 25.7 Å². The molecule has 2 aliphatic rings. The van der Waals surface area contributed by atoms with Crippen LogP contribution < -0.4 is 0 Å². The average molecular weight is 191 g/mol. The van der Waals surface area contributed by atoms with E-state index in [4.69, 9.17) is 4.74 Å². The van der Waals surface area contributed by atoms with E-state index >= 15 is 0 Å². The summed E-state index contributed by atoms with van der Waals surface area (Å²) in [6.45, 7) is 0. The van der Waals surface area contributed by atoms with Crippen LogP contribution in [0.15, 0.2) is 0 Å². The topological polar surface area (TPSA) is 9.23 Å². The molecule has 0 aromatic heterocycles. The highest BCUT2D eigenvalue weighted by atomic mass is 79.9. The number of halogens is 1. The van der Waals surface area contributed by atoms with E-state index in [1.54, 1.807) is 0 Å². The van der Waals surface area contributed by atoms with Gasteiger partial charge in [-0.2, -0.15) is 0 Å². The second kappa shape index (κ2) is 1.96. The van der Waals surface area contributed by atoms with Gasteiger partial charge in [0.25, 0.3) is 0 Å². The van der Waals surface area contributed by atoms with Crippen molar-refractivity contribution in [2.45, 2.75) is 37.4 Å². The normalized spacial score (nSPS) is 48.3. The zero-order valence-corrected chi connectivity index (χ0v) is 6.99. The maximum atomic E-state index is 5.76. The molecule has 0 N–H and O–H groups in total. The molecule has 0 unspecified atom stereocenters. The lowest BCUT2D eigenvalue weighted by atomic mass is 9.90. The van der Waals surface area contributed by atoms with Gasteiger partial charge in [0.15, 0.2) is 0 Å². The van der Waals surface area contributed by atoms with Crippen LogP contribution in [0, 0.1) is 0 Å². The average Bonchev–Trinajstić information content (AvgIpc) is 2.46. The van der Waals surface area contributed by atoms with Crippen LogP contribution in [0.5, 0.6) is 0 Å². The fraction of sp³-hybridized carbons (Fsp3) is 1.00. The number of hydrogen-bond donors (Lipinski definition) is 0. The molecule has 0 saturated carbocycles. The van der Waals surface area contributed by atoms with Crippen LogP contribution in [-0.2, 0) is 4.74 Å². The third-order valence-corrected chi connectivity index (χ3v) is 3.53. The first-order valence-corrected chi connectivity index (χ1v) is 4.71. The fourth-order valence-electron chi connectivity index (χ4n) is 1.87. The van der Waals surface area contributed by atoms with Crippen LogP contribution in [0.4, 0.5) is 0 Å². The minimum Gasteiger partial charge on any atom is -0.371 e. The Morgan fingerprint density at radius 2 is 2.11 bits per heavy atom. The molecule has 2 rings (SSSR count). The van der Waals surface area contributed by atoms with Crippen molar-refractivity contribution in [3.63, 3.8) is 0 Å². The maximum Gasteiger partial charge on any atom is 0.0784 e. The van der Waals surface area contributed by atoms with Gasteiger partial charge >= 0.3 is 0 Å². The second-order valence-corrected chi connectivity index (χ2v) is 3.69. The SMILES string of the molecule is BrCC12CCC(CC1)O2. The highest BCUT2D eigenvalue weighted by molar-refractivity contribution is 9.09. The van der Waals surface area contributed by atoms with E-state index in [0.717, 1.165) is 5.33 Å². The zero-order chi connectivity index (χ0) is 6.32. The van der Waals surface area contributed by atoms with Gasteiger partial charge in [0, 0.05) is 5.33 Å². The summed E-state index contributed by atoms with van der Waals surface area (Å²) >= 11 is 3.50. The summed E-state index contributed by atoms with van der Waals surface area (Å²) in [6.07, 6.45) is 5.77. The van der Waals surface area contributed by atoms with Gasteiger partial charge in [0.05, 0.1) is 11.7 Å². The molecule has 1 nitrogen and oxygen atoms in total. The quantitative estimate of drug-likeness (QED) is 0.576. The van der Waals surface area contributed by atoms with Gasteiger partial charge in [-0.1, -0.05) is 15.9 Å². The summed E-state index contributed by atoms with van der Waals surface area (Å²) < 4.78 is 5.76. The summed E-state index contributed by atoms with van der Waals surface area (Å²) in [6, 6.07) is 0. The van der Waals surface area contributed by atoms with E-state index in [-0.39, 0.29) is 5.60 Å². The molecule has 2 heteroatoms. The molecule has 0 spiro atoms. The van der Waals surface area contributed by atoms with Crippen LogP contribution in [0.3, 0.4) is 0 Å². The third kappa shape index (κ3) is 0.838. The lowest BCUT2D eigenvalue weighted by Gasteiger charge is -2.20. The summed E-state index contributed by atoms with van der Waals surface area (Å²) in [5.41, 5.74) is 0.269. The largest absolute Gasteiger partial charge is 0.371 e. The van der Waals surface area contributed by atoms with Gasteiger partial charge in [-0.05, 0) is 25.7 Å². The molecule has 0 radical (unpaired) electrons. The predicted octanol–water partition coefficient (Wildman–Crippen LogP) is 2.09. The van der Waals surface area contributed by atoms with Crippen LogP contribution in [0.2, 0.25) is 0 Å². The second-order valence-electron chi connectivity index (χ2n) is 3.13. The molecular formula is C7H11BrO. The number of fused-ring (bicyclic) bond motifs is 2. The zero-order valence-electron chi connectivity index (χ0n) is 5.40. The summed E-state index contributed by atoms with van der Waals surface area (Å²) in [5, 5.41) is 1.04. The Morgan fingerprint density at radius 1 is 1.44 bits per heavy atom. The first kappa shape index (κ1) is 6.17. The van der Waals surface area contributed by atoms with E-state index in [1.165, 1.54) is 25.7 Å². The van der Waals surface area contributed by atoms with Crippen LogP contribution in [0.25, 0.3) is 0 Å². The maximum absolute atomic E-state index is 5.76. The van der Waals surface area contributed by atoms with Gasteiger partial charge in [-0.15, -0.1) is 0 Å². The molecule has 0 atom stereocenters. The lowest BCUT2D eigenvalue weighted by Crippen LogP contribution is -2.25. The van der Waals surface area contributed by atoms with Gasteiger partial charge in [0.1, 0.15) is 0 Å². The van der Waals surface area contributed by atoms with Crippen LogP contribution in [-0.4, -0.2) is 17.0 Å². The predicted molar refractivity (Wildman–Crippen MR) is 39.9 cm³/mol. The Bertz CT molecular complexity index is 116. The highest BCUT2D eigenvalue weighted by Gasteiger charge is 2.44. The molecule has 2 aliphatic heterocycles. The van der Waals surface area contributed by atoms with Gasteiger partial charge in [0.2, 0.25) is 0 Å². The van der Waals surface area contributed by atoms with Crippen molar-refractivity contribution in [1.29, 1.82) is 0 Å². The highest BCUT2D eigenvalue weighted by Crippen LogP contribution is 2.44. The number of ether oxygens (including phenoxy) is 1. The van der Waals surface area contributed by atoms with E-state index in [2.05, 4.69) is 15.9 Å². The minimum atomic E-state index is 0.269. The van der Waals surface area contributed by atoms with Crippen LogP contribution >= 0.6 is 15.9 Å². The Labute approximate surface area is 63.9 Å². The van der Waals surface area contributed by atoms with E-state index < -0.39 is 0 Å². The van der Waals surface area contributed by atoms with Crippen molar-refractivity contribution < 1.29 is 4.74 Å². The molecule has 9 heavy (non-hydrogen) atoms. The molecule has 2 heterocycles. The summed E-state index contributed by atoms with van der Waals surface area (Å²) in [7, 11) is 0. The smallest absolute Gasteiger partial charge is 0.0784 e. The number of rotatable bonds is 1. The van der Waals surface area contributed by atoms with Crippen molar-refractivity contribution >= 4 is 15.9 Å². The standard InChI is InChI=1S/C7H11BrO/c8-5-7-3-1-6(9-7)2-4-7/h6H,1-5H2. The van der Waals surface area contributed by atoms with Crippen molar-refractivity contribution in [3.05, 3.63) is 0 Å². The summed E-state index contributed by atoms with van der Waals surface area (Å²) in [5.74, 6) is 0. The Balaban J connectivity index is 2.13. The molecule has 0 aromatic carbocycles. The molecule has 0 aliphatic carbocycles. The van der Waals surface area contributed by atoms with Gasteiger partial charge < -0.3 is 4.74 Å². The van der Waals surface area contributed by atoms with E-state index in [1.807, 2.05) is 0 Å². The van der Waals surface area contributed by atoms with Gasteiger partial charge in [-0.3, -0.25) is 0 Å². The van der Waals surface area contributed by atoms with Gasteiger partial charge in [-0.25, -0.2) is 0 Å². The monoisotopic (exact) mass is 190 g/mol. The molecule has 2 bridgehead atoms. The fourth-order valence-corrected chi connectivity index (χ4v) is 2.56. The Hall–Kier alpha value is 0.440. The van der Waals surface area contributed by atoms with Crippen molar-refractivity contribution in [2.75, 3.05) is 5.33 Å². The Kier molecular flexibility index (Phi) is 1.34. The molecule has 0 amide bonds. The van der Waals surface area contributed by atoms with Crippen molar-refractivity contribution in [2.24, 2.45) is 0 Å². The van der Waals surface area contributed by atoms with Crippen molar-refractivity contribution in [3.8, 4) is 0 Å². The molecule has 0 aromatic rings. The molecule has 2 saturated heterocycles. The van der Waals surface area contributed by atoms with E-state index in [0.29, 0.717) is 6.10 Å². The minimum absolute atomic E-state index is 0.269. The number of hydrogen-bond acceptors (Lipinski definition) is 1.